The molecule has 0 aliphatic rings. The van der Waals surface area contributed by atoms with Crippen molar-refractivity contribution in [3.8, 4) is 0 Å². The van der Waals surface area contributed by atoms with E-state index in [-0.39, 0.29) is 11.3 Å². The van der Waals surface area contributed by atoms with Gasteiger partial charge >= 0.3 is 0 Å². The van der Waals surface area contributed by atoms with Gasteiger partial charge in [-0.15, -0.1) is 0 Å². The van der Waals surface area contributed by atoms with Gasteiger partial charge in [0.2, 0.25) is 0 Å². The third-order valence-electron chi connectivity index (χ3n) is 3.07. The molecule has 0 unspecified atom stereocenters. The highest BCUT2D eigenvalue weighted by molar-refractivity contribution is 5.95. The highest BCUT2D eigenvalue weighted by Gasteiger charge is 2.14. The predicted octanol–water partition coefficient (Wildman–Crippen LogP) is 4.14. The third-order valence-corrected chi connectivity index (χ3v) is 3.07. The van der Waals surface area contributed by atoms with Gasteiger partial charge in [-0.05, 0) is 42.4 Å². The Morgan fingerprint density at radius 2 is 1.75 bits per heavy atom. The van der Waals surface area contributed by atoms with Crippen molar-refractivity contribution < 1.29 is 4.79 Å². The van der Waals surface area contributed by atoms with Crippen molar-refractivity contribution in [1.29, 1.82) is 0 Å². The van der Waals surface area contributed by atoms with Gasteiger partial charge in [0.25, 0.3) is 5.91 Å². The topological polar surface area (TPSA) is 41.5 Å². The fourth-order valence-electron chi connectivity index (χ4n) is 1.97. The summed E-state index contributed by atoms with van der Waals surface area (Å²) in [6, 6.07) is 7.70. The number of hydrogen-bond acceptors (Lipinski definition) is 2. The Hall–Kier alpha value is -1.64. The average Bonchev–Trinajstić information content (AvgIpc) is 2.34. The van der Waals surface area contributed by atoms with Crippen LogP contribution in [0.15, 0.2) is 29.4 Å². The first-order chi connectivity index (χ1) is 9.20. The summed E-state index contributed by atoms with van der Waals surface area (Å²) in [5, 5.41) is 4.13. The van der Waals surface area contributed by atoms with Crippen LogP contribution in [0.3, 0.4) is 0 Å². The number of rotatable bonds is 4. The van der Waals surface area contributed by atoms with Crippen molar-refractivity contribution in [3.05, 3.63) is 35.4 Å². The lowest BCUT2D eigenvalue weighted by molar-refractivity contribution is 0.0954. The van der Waals surface area contributed by atoms with Gasteiger partial charge in [0.05, 0.1) is 0 Å². The van der Waals surface area contributed by atoms with Crippen molar-refractivity contribution >= 4 is 11.6 Å². The molecule has 3 heteroatoms. The minimum absolute atomic E-state index is 0.0982. The van der Waals surface area contributed by atoms with Crippen molar-refractivity contribution in [2.75, 3.05) is 0 Å². The molecule has 3 nitrogen and oxygen atoms in total. The lowest BCUT2D eigenvalue weighted by Crippen LogP contribution is -2.20. The molecule has 0 aliphatic heterocycles. The molecular formula is C17H26N2O. The number of benzene rings is 1. The second-order valence-electron chi connectivity index (χ2n) is 6.71. The van der Waals surface area contributed by atoms with Gasteiger partial charge in [0, 0.05) is 11.3 Å². The van der Waals surface area contributed by atoms with Crippen molar-refractivity contribution in [2.24, 2.45) is 11.0 Å². The van der Waals surface area contributed by atoms with E-state index >= 15 is 0 Å². The van der Waals surface area contributed by atoms with Gasteiger partial charge in [0.1, 0.15) is 0 Å². The molecule has 1 aromatic rings. The van der Waals surface area contributed by atoms with Crippen LogP contribution < -0.4 is 5.43 Å². The van der Waals surface area contributed by atoms with Crippen LogP contribution in [0.5, 0.6) is 0 Å². The maximum Gasteiger partial charge on any atom is 0.271 e. The van der Waals surface area contributed by atoms with Gasteiger partial charge in [-0.3, -0.25) is 4.79 Å². The van der Waals surface area contributed by atoms with Crippen molar-refractivity contribution in [1.82, 2.24) is 5.43 Å². The van der Waals surface area contributed by atoms with Crippen LogP contribution in [-0.2, 0) is 5.41 Å². The molecule has 110 valence electrons. The van der Waals surface area contributed by atoms with E-state index in [2.05, 4.69) is 45.1 Å². The molecule has 1 aromatic carbocycles. The number of nitrogens with one attached hydrogen (secondary N) is 1. The minimum Gasteiger partial charge on any atom is -0.267 e. The summed E-state index contributed by atoms with van der Waals surface area (Å²) in [6.07, 6.45) is 0.892. The summed E-state index contributed by atoms with van der Waals surface area (Å²) in [6.45, 7) is 12.7. The molecule has 1 rings (SSSR count). The Morgan fingerprint density at radius 3 is 2.20 bits per heavy atom. The highest BCUT2D eigenvalue weighted by atomic mass is 16.2. The molecule has 0 spiro atoms. The van der Waals surface area contributed by atoms with Crippen LogP contribution >= 0.6 is 0 Å². The van der Waals surface area contributed by atoms with Gasteiger partial charge in [-0.2, -0.15) is 5.10 Å². The Morgan fingerprint density at radius 1 is 1.20 bits per heavy atom. The van der Waals surface area contributed by atoms with Crippen LogP contribution in [0.4, 0.5) is 0 Å². The van der Waals surface area contributed by atoms with Crippen LogP contribution in [0, 0.1) is 5.92 Å². The summed E-state index contributed by atoms with van der Waals surface area (Å²) in [5.74, 6) is 0.385. The van der Waals surface area contributed by atoms with Gasteiger partial charge in [0.15, 0.2) is 0 Å². The summed E-state index contributed by atoms with van der Waals surface area (Å²) in [5.41, 5.74) is 5.51. The van der Waals surface area contributed by atoms with Gasteiger partial charge in [-0.25, -0.2) is 5.43 Å². The first-order valence-corrected chi connectivity index (χ1v) is 7.14. The second-order valence-corrected chi connectivity index (χ2v) is 6.71. The van der Waals surface area contributed by atoms with Crippen LogP contribution in [-0.4, -0.2) is 11.6 Å². The smallest absolute Gasteiger partial charge is 0.267 e. The summed E-state index contributed by atoms with van der Waals surface area (Å²) >= 11 is 0. The first kappa shape index (κ1) is 16.4. The summed E-state index contributed by atoms with van der Waals surface area (Å²) < 4.78 is 0. The molecule has 20 heavy (non-hydrogen) atoms. The van der Waals surface area contributed by atoms with Crippen molar-refractivity contribution in [3.63, 3.8) is 0 Å². The standard InChI is InChI=1S/C17H26N2O/c1-12(2)11-13(3)18-19-16(20)14-7-9-15(10-8-14)17(4,5)6/h7-10,12H,11H2,1-6H3,(H,19,20)/b18-13+. The summed E-state index contributed by atoms with van der Waals surface area (Å²) in [7, 11) is 0. The number of nitrogens with zero attached hydrogens (tertiary/aromatic N) is 1. The zero-order chi connectivity index (χ0) is 15.3. The normalized spacial score (nSPS) is 12.7. The maximum atomic E-state index is 12.0. The van der Waals surface area contributed by atoms with E-state index in [9.17, 15) is 4.79 Å². The highest BCUT2D eigenvalue weighted by Crippen LogP contribution is 2.22. The maximum absolute atomic E-state index is 12.0. The number of amides is 1. The van der Waals surface area contributed by atoms with Crippen molar-refractivity contribution in [2.45, 2.75) is 53.4 Å². The molecular weight excluding hydrogens is 248 g/mol. The largest absolute Gasteiger partial charge is 0.271 e. The molecule has 0 aromatic heterocycles. The van der Waals surface area contributed by atoms with E-state index in [1.165, 1.54) is 5.56 Å². The molecule has 0 aliphatic carbocycles. The van der Waals surface area contributed by atoms with E-state index in [4.69, 9.17) is 0 Å². The minimum atomic E-state index is -0.159. The zero-order valence-corrected chi connectivity index (χ0v) is 13.4. The Bertz CT molecular complexity index is 479. The molecule has 1 amide bonds. The Balaban J connectivity index is 2.69. The second kappa shape index (κ2) is 6.69. The number of hydrazone groups is 1. The molecule has 0 fully saturated rings. The Labute approximate surface area is 122 Å². The van der Waals surface area contributed by atoms with Crippen LogP contribution in [0.25, 0.3) is 0 Å². The lowest BCUT2D eigenvalue weighted by Gasteiger charge is -2.18. The molecule has 0 atom stereocenters. The molecule has 0 radical (unpaired) electrons. The molecule has 0 saturated carbocycles. The average molecular weight is 274 g/mol. The zero-order valence-electron chi connectivity index (χ0n) is 13.4. The third kappa shape index (κ3) is 5.16. The van der Waals surface area contributed by atoms with Gasteiger partial charge < -0.3 is 0 Å². The number of carbonyl (C=O) groups excluding carboxylic acids is 1. The lowest BCUT2D eigenvalue weighted by atomic mass is 9.87. The quantitative estimate of drug-likeness (QED) is 0.651. The number of carbonyl (C=O) groups is 1. The van der Waals surface area contributed by atoms with E-state index in [0.29, 0.717) is 11.5 Å². The monoisotopic (exact) mass is 274 g/mol. The van der Waals surface area contributed by atoms with E-state index in [1.54, 1.807) is 0 Å². The fraction of sp³-hybridized carbons (Fsp3) is 0.529. The first-order valence-electron chi connectivity index (χ1n) is 7.14. The Kier molecular flexibility index (Phi) is 5.49. The van der Waals surface area contributed by atoms with E-state index in [0.717, 1.165) is 12.1 Å². The molecule has 0 bridgehead atoms. The van der Waals surface area contributed by atoms with Crippen LogP contribution in [0.2, 0.25) is 0 Å². The number of hydrogen-bond donors (Lipinski definition) is 1. The molecule has 0 saturated heterocycles. The predicted molar refractivity (Wildman–Crippen MR) is 85.2 cm³/mol. The van der Waals surface area contributed by atoms with E-state index < -0.39 is 0 Å². The SMILES string of the molecule is C/C(CC(C)C)=N\NC(=O)c1ccc(C(C)(C)C)cc1. The fourth-order valence-corrected chi connectivity index (χ4v) is 1.97. The van der Waals surface area contributed by atoms with E-state index in [1.807, 2.05) is 31.2 Å². The van der Waals surface area contributed by atoms with Crippen LogP contribution in [0.1, 0.15) is 63.9 Å². The molecule has 1 N–H and O–H groups in total. The van der Waals surface area contributed by atoms with Gasteiger partial charge in [-0.1, -0.05) is 46.8 Å². The summed E-state index contributed by atoms with van der Waals surface area (Å²) in [4.78, 5) is 12.0. The molecule has 0 heterocycles.